The van der Waals surface area contributed by atoms with Crippen LogP contribution in [0.5, 0.6) is 5.75 Å². The van der Waals surface area contributed by atoms with Crippen LogP contribution in [0.2, 0.25) is 0 Å². The molecule has 2 N–H and O–H groups in total. The van der Waals surface area contributed by atoms with Crippen LogP contribution in [0.1, 0.15) is 12.5 Å². The Hall–Kier alpha value is -2.53. The zero-order valence-corrected chi connectivity index (χ0v) is 13.8. The van der Waals surface area contributed by atoms with Crippen molar-refractivity contribution in [1.82, 2.24) is 4.90 Å². The molecule has 0 spiro atoms. The summed E-state index contributed by atoms with van der Waals surface area (Å²) in [4.78, 5) is 13.8. The number of nitrogens with one attached hydrogen (secondary N) is 1. The number of benzene rings is 2. The third-order valence-corrected chi connectivity index (χ3v) is 4.18. The van der Waals surface area contributed by atoms with Crippen LogP contribution in [-0.4, -0.2) is 42.3 Å². The van der Waals surface area contributed by atoms with E-state index in [2.05, 4.69) is 11.4 Å². The number of fused-ring (bicyclic) bond motifs is 1. The second-order valence-electron chi connectivity index (χ2n) is 5.74. The minimum absolute atomic E-state index is 0.0432. The lowest BCUT2D eigenvalue weighted by atomic mass is 10.0. The first-order valence-corrected chi connectivity index (χ1v) is 8.24. The van der Waals surface area contributed by atoms with Gasteiger partial charge in [-0.05, 0) is 47.9 Å². The maximum Gasteiger partial charge on any atom is 0.321 e. The maximum absolute atomic E-state index is 12.2. The van der Waals surface area contributed by atoms with Crippen molar-refractivity contribution < 1.29 is 14.6 Å². The predicted octanol–water partition coefficient (Wildman–Crippen LogP) is 3.13. The van der Waals surface area contributed by atoms with Gasteiger partial charge in [-0.2, -0.15) is 0 Å². The average molecular weight is 326 g/mol. The Balaban J connectivity index is 1.78. The Labute approximate surface area is 141 Å². The number of hydrogen-bond acceptors (Lipinski definition) is 3. The van der Waals surface area contributed by atoms with Crippen LogP contribution in [0.25, 0.3) is 11.1 Å². The lowest BCUT2D eigenvalue weighted by Gasteiger charge is -2.20. The van der Waals surface area contributed by atoms with Crippen LogP contribution in [0.4, 0.5) is 10.5 Å². The van der Waals surface area contributed by atoms with Crippen LogP contribution >= 0.6 is 0 Å². The average Bonchev–Trinajstić information content (AvgIpc) is 3.07. The highest BCUT2D eigenvalue weighted by Gasteiger charge is 2.14. The molecule has 5 nitrogen and oxygen atoms in total. The van der Waals surface area contributed by atoms with Crippen LogP contribution < -0.4 is 10.1 Å². The molecule has 5 heteroatoms. The first kappa shape index (κ1) is 16.3. The van der Waals surface area contributed by atoms with Crippen molar-refractivity contribution in [2.24, 2.45) is 0 Å². The highest BCUT2D eigenvalue weighted by molar-refractivity contribution is 5.90. The van der Waals surface area contributed by atoms with Gasteiger partial charge in [-0.15, -0.1) is 0 Å². The summed E-state index contributed by atoms with van der Waals surface area (Å²) in [6.45, 7) is 3.47. The molecule has 0 saturated carbocycles. The van der Waals surface area contributed by atoms with Gasteiger partial charge < -0.3 is 20.1 Å². The molecule has 2 aromatic rings. The number of urea groups is 1. The molecule has 1 aliphatic heterocycles. The van der Waals surface area contributed by atoms with Crippen molar-refractivity contribution >= 4 is 11.7 Å². The van der Waals surface area contributed by atoms with Gasteiger partial charge in [-0.25, -0.2) is 4.79 Å². The van der Waals surface area contributed by atoms with Gasteiger partial charge >= 0.3 is 6.03 Å². The topological polar surface area (TPSA) is 61.8 Å². The van der Waals surface area contributed by atoms with Crippen molar-refractivity contribution in [3.05, 3.63) is 48.0 Å². The zero-order valence-electron chi connectivity index (χ0n) is 13.8. The van der Waals surface area contributed by atoms with Gasteiger partial charge in [-0.3, -0.25) is 0 Å². The van der Waals surface area contributed by atoms with Crippen molar-refractivity contribution in [1.29, 1.82) is 0 Å². The summed E-state index contributed by atoms with van der Waals surface area (Å²) < 4.78 is 5.54. The summed E-state index contributed by atoms with van der Waals surface area (Å²) >= 11 is 0. The molecule has 0 bridgehead atoms. The second-order valence-corrected chi connectivity index (χ2v) is 5.74. The number of aliphatic hydroxyl groups excluding tert-OH is 1. The van der Waals surface area contributed by atoms with E-state index in [4.69, 9.17) is 9.84 Å². The van der Waals surface area contributed by atoms with Gasteiger partial charge in [0.15, 0.2) is 0 Å². The maximum atomic E-state index is 12.2. The molecule has 0 unspecified atom stereocenters. The summed E-state index contributed by atoms with van der Waals surface area (Å²) in [5.74, 6) is 0.964. The SMILES string of the molecule is CCN(CCO)C(=O)Nc1cccc(-c2ccc3c(c2)CCO3)c1. The van der Waals surface area contributed by atoms with Crippen molar-refractivity contribution in [3.63, 3.8) is 0 Å². The van der Waals surface area contributed by atoms with Gasteiger partial charge in [0.25, 0.3) is 0 Å². The van der Waals surface area contributed by atoms with E-state index in [0.29, 0.717) is 13.1 Å². The van der Waals surface area contributed by atoms with Gasteiger partial charge in [0.1, 0.15) is 5.75 Å². The van der Waals surface area contributed by atoms with Gasteiger partial charge in [0.2, 0.25) is 0 Å². The summed E-state index contributed by atoms with van der Waals surface area (Å²) in [5.41, 5.74) is 4.12. The van der Waals surface area contributed by atoms with Crippen LogP contribution in [0.3, 0.4) is 0 Å². The Kier molecular flexibility index (Phi) is 5.01. The number of amides is 2. The van der Waals surface area contributed by atoms with Crippen LogP contribution in [0.15, 0.2) is 42.5 Å². The summed E-state index contributed by atoms with van der Waals surface area (Å²) in [6, 6.07) is 13.8. The molecule has 2 aromatic carbocycles. The lowest BCUT2D eigenvalue weighted by Crippen LogP contribution is -2.36. The molecule has 24 heavy (non-hydrogen) atoms. The van der Waals surface area contributed by atoms with Gasteiger partial charge in [-0.1, -0.05) is 18.2 Å². The third-order valence-electron chi connectivity index (χ3n) is 4.18. The van der Waals surface area contributed by atoms with Crippen molar-refractivity contribution in [2.45, 2.75) is 13.3 Å². The van der Waals surface area contributed by atoms with Crippen molar-refractivity contribution in [3.8, 4) is 16.9 Å². The van der Waals surface area contributed by atoms with Crippen LogP contribution in [-0.2, 0) is 6.42 Å². The highest BCUT2D eigenvalue weighted by atomic mass is 16.5. The number of carbonyl (C=O) groups excluding carboxylic acids is 1. The fraction of sp³-hybridized carbons (Fsp3) is 0.316. The molecule has 0 aliphatic carbocycles. The van der Waals surface area contributed by atoms with E-state index in [1.807, 2.05) is 43.3 Å². The normalized spacial score (nSPS) is 12.4. The molecule has 0 fully saturated rings. The molecule has 0 saturated heterocycles. The number of aliphatic hydroxyl groups is 1. The molecule has 2 amide bonds. The third kappa shape index (κ3) is 3.51. The Morgan fingerprint density at radius 2 is 2.08 bits per heavy atom. The molecular formula is C19H22N2O3. The number of carbonyl (C=O) groups is 1. The first-order valence-electron chi connectivity index (χ1n) is 8.24. The highest BCUT2D eigenvalue weighted by Crippen LogP contribution is 2.31. The minimum atomic E-state index is -0.203. The van der Waals surface area contributed by atoms with E-state index in [1.165, 1.54) is 5.56 Å². The lowest BCUT2D eigenvalue weighted by molar-refractivity contribution is 0.192. The van der Waals surface area contributed by atoms with Crippen LogP contribution in [0, 0.1) is 0 Å². The summed E-state index contributed by atoms with van der Waals surface area (Å²) in [6.07, 6.45) is 0.937. The number of nitrogens with zero attached hydrogens (tertiary/aromatic N) is 1. The molecular weight excluding hydrogens is 304 g/mol. The zero-order chi connectivity index (χ0) is 16.9. The van der Waals surface area contributed by atoms with Crippen molar-refractivity contribution in [2.75, 3.05) is 31.6 Å². The second kappa shape index (κ2) is 7.36. The molecule has 3 rings (SSSR count). The smallest absolute Gasteiger partial charge is 0.321 e. The number of rotatable bonds is 5. The standard InChI is InChI=1S/C19H22N2O3/c1-2-21(9-10-22)19(23)20-17-5-3-4-14(13-17)15-6-7-18-16(12-15)8-11-24-18/h3-7,12-13,22H,2,8-11H2,1H3,(H,20,23). The molecule has 0 aromatic heterocycles. The van der Waals surface area contributed by atoms with E-state index in [1.54, 1.807) is 4.90 Å². The van der Waals surface area contributed by atoms with E-state index in [0.717, 1.165) is 35.6 Å². The Bertz CT molecular complexity index is 730. The number of ether oxygens (including phenoxy) is 1. The summed E-state index contributed by atoms with van der Waals surface area (Å²) in [7, 11) is 0. The van der Waals surface area contributed by atoms with E-state index in [9.17, 15) is 4.79 Å². The monoisotopic (exact) mass is 326 g/mol. The molecule has 1 heterocycles. The molecule has 0 atom stereocenters. The fourth-order valence-electron chi connectivity index (χ4n) is 2.87. The molecule has 126 valence electrons. The predicted molar refractivity (Wildman–Crippen MR) is 94.4 cm³/mol. The number of likely N-dealkylation sites (N-methyl/N-ethyl adjacent to an activating group) is 1. The minimum Gasteiger partial charge on any atom is -0.493 e. The first-order chi connectivity index (χ1) is 11.7. The van der Waals surface area contributed by atoms with E-state index >= 15 is 0 Å². The quantitative estimate of drug-likeness (QED) is 0.887. The molecule has 1 aliphatic rings. The number of anilines is 1. The molecule has 0 radical (unpaired) electrons. The van der Waals surface area contributed by atoms with E-state index < -0.39 is 0 Å². The summed E-state index contributed by atoms with van der Waals surface area (Å²) in [5, 5.41) is 11.9. The largest absolute Gasteiger partial charge is 0.493 e. The van der Waals surface area contributed by atoms with Gasteiger partial charge in [0, 0.05) is 25.2 Å². The Morgan fingerprint density at radius 3 is 2.88 bits per heavy atom. The van der Waals surface area contributed by atoms with Gasteiger partial charge in [0.05, 0.1) is 13.2 Å². The van der Waals surface area contributed by atoms with E-state index in [-0.39, 0.29) is 12.6 Å². The number of hydrogen-bond donors (Lipinski definition) is 2. The Morgan fingerprint density at radius 1 is 1.25 bits per heavy atom. The fourth-order valence-corrected chi connectivity index (χ4v) is 2.87.